The van der Waals surface area contributed by atoms with Crippen LogP contribution in [0.4, 0.5) is 0 Å². The lowest BCUT2D eigenvalue weighted by Crippen LogP contribution is -2.21. The Morgan fingerprint density at radius 1 is 1.13 bits per heavy atom. The van der Waals surface area contributed by atoms with Gasteiger partial charge in [-0.05, 0) is 58.2 Å². The Morgan fingerprint density at radius 3 is 2.58 bits per heavy atom. The molecule has 5 nitrogen and oxygen atoms in total. The minimum absolute atomic E-state index is 0.237. The minimum Gasteiger partial charge on any atom is -0.500 e. The maximum atomic E-state index is 12.9. The third-order valence-electron chi connectivity index (χ3n) is 5.39. The molecule has 1 aromatic heterocycles. The van der Waals surface area contributed by atoms with Crippen molar-refractivity contribution >= 4 is 10.9 Å². The van der Waals surface area contributed by atoms with Gasteiger partial charge in [0, 0.05) is 18.0 Å². The van der Waals surface area contributed by atoms with Crippen molar-refractivity contribution in [2.24, 2.45) is 0 Å². The smallest absolute Gasteiger partial charge is 0.297 e. The first-order valence-corrected chi connectivity index (χ1v) is 11.2. The maximum Gasteiger partial charge on any atom is 0.297 e. The van der Waals surface area contributed by atoms with Crippen LogP contribution in [0.2, 0.25) is 0 Å². The van der Waals surface area contributed by atoms with Crippen LogP contribution < -0.4 is 15.0 Å². The summed E-state index contributed by atoms with van der Waals surface area (Å²) in [6.45, 7) is 9.27. The molecule has 0 saturated carbocycles. The van der Waals surface area contributed by atoms with Crippen molar-refractivity contribution in [1.82, 2.24) is 4.57 Å². The second-order valence-electron chi connectivity index (χ2n) is 8.26. The Balaban J connectivity index is 2.31. The molecule has 0 spiro atoms. The summed E-state index contributed by atoms with van der Waals surface area (Å²) < 4.78 is 12.9. The van der Waals surface area contributed by atoms with Crippen LogP contribution in [-0.4, -0.2) is 23.4 Å². The summed E-state index contributed by atoms with van der Waals surface area (Å²) in [4.78, 5) is 12.9. The number of benzene rings is 1. The van der Waals surface area contributed by atoms with E-state index in [2.05, 4.69) is 33.8 Å². The SMILES string of the molecule is CCCCCCn1c(=O)c(O)c(OC/C=C(\C)CCC=C(C)C)c2ccc(OC)cc21. The molecule has 1 heterocycles. The quantitative estimate of drug-likeness (QED) is 0.316. The predicted octanol–water partition coefficient (Wildman–Crippen LogP) is 6.37. The molecule has 1 aromatic carbocycles. The Labute approximate surface area is 186 Å². The van der Waals surface area contributed by atoms with Crippen LogP contribution in [0.1, 0.15) is 66.2 Å². The van der Waals surface area contributed by atoms with Crippen LogP contribution in [-0.2, 0) is 6.54 Å². The summed E-state index contributed by atoms with van der Waals surface area (Å²) in [6, 6.07) is 5.50. The van der Waals surface area contributed by atoms with Crippen molar-refractivity contribution < 1.29 is 14.6 Å². The molecule has 0 aliphatic heterocycles. The lowest BCUT2D eigenvalue weighted by molar-refractivity contribution is 0.334. The Hall–Kier alpha value is -2.69. The van der Waals surface area contributed by atoms with Gasteiger partial charge < -0.3 is 19.1 Å². The third-order valence-corrected chi connectivity index (χ3v) is 5.39. The molecule has 0 amide bonds. The summed E-state index contributed by atoms with van der Waals surface area (Å²) in [6.07, 6.45) is 10.3. The zero-order valence-corrected chi connectivity index (χ0v) is 19.7. The highest BCUT2D eigenvalue weighted by molar-refractivity contribution is 5.88. The molecule has 31 heavy (non-hydrogen) atoms. The van der Waals surface area contributed by atoms with E-state index in [0.717, 1.165) is 44.0 Å². The predicted molar refractivity (Wildman–Crippen MR) is 128 cm³/mol. The molecule has 0 aliphatic rings. The van der Waals surface area contributed by atoms with Gasteiger partial charge in [0.05, 0.1) is 12.6 Å². The number of pyridine rings is 1. The summed E-state index contributed by atoms with van der Waals surface area (Å²) in [7, 11) is 1.60. The standard InChI is InChI=1S/C26H37NO4/c1-6-7-8-9-16-27-23-18-21(30-5)13-14-22(23)25(24(28)26(27)29)31-17-15-20(4)12-10-11-19(2)3/h11,13-15,18,28H,6-10,12,16-17H2,1-5H3/b20-15+. The van der Waals surface area contributed by atoms with E-state index in [0.29, 0.717) is 24.3 Å². The molecule has 2 rings (SSSR count). The number of allylic oxidation sites excluding steroid dienone is 3. The largest absolute Gasteiger partial charge is 0.500 e. The molecule has 0 radical (unpaired) electrons. The average molecular weight is 428 g/mol. The van der Waals surface area contributed by atoms with Crippen LogP contribution >= 0.6 is 0 Å². The van der Waals surface area contributed by atoms with E-state index in [1.807, 2.05) is 24.3 Å². The number of methoxy groups -OCH3 is 1. The number of unbranched alkanes of at least 4 members (excludes halogenated alkanes) is 3. The van der Waals surface area contributed by atoms with Gasteiger partial charge in [-0.2, -0.15) is 0 Å². The molecule has 0 bridgehead atoms. The average Bonchev–Trinajstić information content (AvgIpc) is 2.75. The molecule has 0 atom stereocenters. The minimum atomic E-state index is -0.420. The molecule has 1 N–H and O–H groups in total. The van der Waals surface area contributed by atoms with Crippen molar-refractivity contribution in [2.75, 3.05) is 13.7 Å². The van der Waals surface area contributed by atoms with Gasteiger partial charge in [0.15, 0.2) is 5.75 Å². The Bertz CT molecular complexity index is 981. The van der Waals surface area contributed by atoms with E-state index in [9.17, 15) is 9.90 Å². The highest BCUT2D eigenvalue weighted by Crippen LogP contribution is 2.34. The Morgan fingerprint density at radius 2 is 1.90 bits per heavy atom. The van der Waals surface area contributed by atoms with Gasteiger partial charge in [0.1, 0.15) is 12.4 Å². The Kier molecular flexibility index (Phi) is 9.70. The van der Waals surface area contributed by atoms with Gasteiger partial charge in [-0.15, -0.1) is 0 Å². The number of hydrogen-bond acceptors (Lipinski definition) is 4. The normalized spacial score (nSPS) is 11.6. The van der Waals surface area contributed by atoms with Crippen LogP contribution in [0.5, 0.6) is 17.2 Å². The summed E-state index contributed by atoms with van der Waals surface area (Å²) in [5.41, 5.74) is 2.83. The molecular weight excluding hydrogens is 390 g/mol. The van der Waals surface area contributed by atoms with E-state index in [4.69, 9.17) is 9.47 Å². The van der Waals surface area contributed by atoms with E-state index in [-0.39, 0.29) is 11.5 Å². The number of aryl methyl sites for hydroxylation is 1. The first-order valence-electron chi connectivity index (χ1n) is 11.2. The van der Waals surface area contributed by atoms with Crippen LogP contribution in [0, 0.1) is 0 Å². The topological polar surface area (TPSA) is 60.7 Å². The number of aromatic hydroxyl groups is 1. The number of aromatic nitrogens is 1. The molecule has 0 unspecified atom stereocenters. The molecule has 5 heteroatoms. The van der Waals surface area contributed by atoms with E-state index in [1.54, 1.807) is 11.7 Å². The lowest BCUT2D eigenvalue weighted by atomic mass is 10.1. The van der Waals surface area contributed by atoms with E-state index >= 15 is 0 Å². The fourth-order valence-corrected chi connectivity index (χ4v) is 3.54. The zero-order chi connectivity index (χ0) is 22.8. The van der Waals surface area contributed by atoms with E-state index in [1.165, 1.54) is 11.1 Å². The van der Waals surface area contributed by atoms with E-state index < -0.39 is 5.56 Å². The molecule has 0 saturated heterocycles. The monoisotopic (exact) mass is 427 g/mol. The second-order valence-corrected chi connectivity index (χ2v) is 8.26. The van der Waals surface area contributed by atoms with Crippen LogP contribution in [0.15, 0.2) is 46.3 Å². The van der Waals surface area contributed by atoms with Gasteiger partial charge in [0.2, 0.25) is 5.75 Å². The molecule has 2 aromatic rings. The fraction of sp³-hybridized carbons (Fsp3) is 0.500. The van der Waals surface area contributed by atoms with Gasteiger partial charge in [-0.1, -0.05) is 43.4 Å². The molecule has 0 fully saturated rings. The molecule has 0 aliphatic carbocycles. The maximum absolute atomic E-state index is 12.9. The first kappa shape index (κ1) is 24.6. The number of fused-ring (bicyclic) bond motifs is 1. The van der Waals surface area contributed by atoms with Crippen molar-refractivity contribution in [1.29, 1.82) is 0 Å². The molecule has 170 valence electrons. The van der Waals surface area contributed by atoms with Crippen molar-refractivity contribution in [2.45, 2.75) is 72.8 Å². The van der Waals surface area contributed by atoms with Gasteiger partial charge in [-0.3, -0.25) is 4.79 Å². The summed E-state index contributed by atoms with van der Waals surface area (Å²) in [5.74, 6) is 0.574. The van der Waals surface area contributed by atoms with Crippen LogP contribution in [0.3, 0.4) is 0 Å². The first-order chi connectivity index (χ1) is 14.9. The lowest BCUT2D eigenvalue weighted by Gasteiger charge is -2.16. The van der Waals surface area contributed by atoms with Crippen molar-refractivity contribution in [3.63, 3.8) is 0 Å². The number of ether oxygens (including phenoxy) is 2. The van der Waals surface area contributed by atoms with Crippen molar-refractivity contribution in [3.05, 3.63) is 51.9 Å². The number of nitrogens with zero attached hydrogens (tertiary/aromatic N) is 1. The molecular formula is C26H37NO4. The van der Waals surface area contributed by atoms with Gasteiger partial charge in [-0.25, -0.2) is 0 Å². The number of hydrogen-bond donors (Lipinski definition) is 1. The van der Waals surface area contributed by atoms with Crippen LogP contribution in [0.25, 0.3) is 10.9 Å². The fourth-order valence-electron chi connectivity index (χ4n) is 3.54. The number of rotatable bonds is 12. The highest BCUT2D eigenvalue weighted by Gasteiger charge is 2.18. The highest BCUT2D eigenvalue weighted by atomic mass is 16.5. The second kappa shape index (κ2) is 12.2. The zero-order valence-electron chi connectivity index (χ0n) is 19.7. The summed E-state index contributed by atoms with van der Waals surface area (Å²) >= 11 is 0. The van der Waals surface area contributed by atoms with Gasteiger partial charge >= 0.3 is 0 Å². The third kappa shape index (κ3) is 6.91. The van der Waals surface area contributed by atoms with Gasteiger partial charge in [0.25, 0.3) is 5.56 Å². The van der Waals surface area contributed by atoms with Crippen molar-refractivity contribution in [3.8, 4) is 17.2 Å². The summed E-state index contributed by atoms with van der Waals surface area (Å²) in [5, 5.41) is 11.4.